The number of rotatable bonds is 4. The van der Waals surface area contributed by atoms with Crippen molar-refractivity contribution in [3.63, 3.8) is 0 Å². The van der Waals surface area contributed by atoms with Crippen LogP contribution in [0.5, 0.6) is 0 Å². The summed E-state index contributed by atoms with van der Waals surface area (Å²) in [6.07, 6.45) is 5.88. The molecule has 2 rings (SSSR count). The van der Waals surface area contributed by atoms with E-state index in [1.807, 2.05) is 12.1 Å². The van der Waals surface area contributed by atoms with E-state index in [0.29, 0.717) is 6.54 Å². The number of nitrogens with zero attached hydrogens (tertiary/aromatic N) is 5. The third kappa shape index (κ3) is 2.77. The van der Waals surface area contributed by atoms with Gasteiger partial charge in [0.25, 0.3) is 0 Å². The van der Waals surface area contributed by atoms with Crippen LogP contribution in [0.1, 0.15) is 11.4 Å². The van der Waals surface area contributed by atoms with E-state index in [1.165, 1.54) is 0 Å². The Labute approximate surface area is 97.6 Å². The molecule has 0 aromatic carbocycles. The van der Waals surface area contributed by atoms with Crippen molar-refractivity contribution in [1.29, 1.82) is 0 Å². The molecular formula is C10H12N6O. The fraction of sp³-hybridized carbons (Fsp3) is 0.200. The number of aromatic nitrogens is 4. The molecule has 0 aliphatic carbocycles. The highest BCUT2D eigenvalue weighted by atomic mass is 16.4. The van der Waals surface area contributed by atoms with E-state index in [0.717, 1.165) is 12.0 Å². The van der Waals surface area contributed by atoms with Crippen molar-refractivity contribution in [2.24, 2.45) is 10.9 Å². The van der Waals surface area contributed by atoms with Gasteiger partial charge in [0, 0.05) is 18.9 Å². The number of hydrogen-bond acceptors (Lipinski definition) is 5. The smallest absolute Gasteiger partial charge is 0.219 e. The molecule has 2 aromatic heterocycles. The Morgan fingerprint density at radius 1 is 1.53 bits per heavy atom. The van der Waals surface area contributed by atoms with Crippen LogP contribution in [0.3, 0.4) is 0 Å². The number of amidine groups is 1. The summed E-state index contributed by atoms with van der Waals surface area (Å²) < 4.78 is 1.64. The lowest BCUT2D eigenvalue weighted by Gasteiger charge is -2.00. The van der Waals surface area contributed by atoms with Crippen LogP contribution in [0.4, 0.5) is 0 Å². The zero-order valence-corrected chi connectivity index (χ0v) is 9.06. The lowest BCUT2D eigenvalue weighted by Crippen LogP contribution is -2.15. The van der Waals surface area contributed by atoms with Crippen molar-refractivity contribution in [3.8, 4) is 0 Å². The second-order valence-corrected chi connectivity index (χ2v) is 3.43. The number of aryl methyl sites for hydroxylation is 2. The number of oxime groups is 1. The minimum atomic E-state index is -0.0925. The third-order valence-corrected chi connectivity index (χ3v) is 2.23. The van der Waals surface area contributed by atoms with Crippen molar-refractivity contribution in [3.05, 3.63) is 42.2 Å². The van der Waals surface area contributed by atoms with Crippen molar-refractivity contribution in [2.45, 2.75) is 13.0 Å². The first kappa shape index (κ1) is 11.1. The van der Waals surface area contributed by atoms with E-state index in [-0.39, 0.29) is 11.7 Å². The van der Waals surface area contributed by atoms with Gasteiger partial charge in [-0.25, -0.2) is 4.98 Å². The number of nitrogens with two attached hydrogens (primary N) is 1. The van der Waals surface area contributed by atoms with Crippen LogP contribution in [0.2, 0.25) is 0 Å². The predicted octanol–water partition coefficient (Wildman–Crippen LogP) is 0.0103. The summed E-state index contributed by atoms with van der Waals surface area (Å²) in [5, 5.41) is 15.4. The maximum Gasteiger partial charge on any atom is 0.219 e. The van der Waals surface area contributed by atoms with Crippen molar-refractivity contribution in [1.82, 2.24) is 19.7 Å². The van der Waals surface area contributed by atoms with Gasteiger partial charge in [0.2, 0.25) is 11.7 Å². The Kier molecular flexibility index (Phi) is 3.29. The normalized spacial score (nSPS) is 11.6. The predicted molar refractivity (Wildman–Crippen MR) is 60.5 cm³/mol. The van der Waals surface area contributed by atoms with Crippen molar-refractivity contribution >= 4 is 5.84 Å². The zero-order valence-electron chi connectivity index (χ0n) is 9.06. The zero-order chi connectivity index (χ0) is 12.1. The molecule has 2 heterocycles. The van der Waals surface area contributed by atoms with Gasteiger partial charge in [-0.05, 0) is 18.1 Å². The molecule has 17 heavy (non-hydrogen) atoms. The van der Waals surface area contributed by atoms with Crippen LogP contribution in [-0.2, 0) is 13.0 Å². The summed E-state index contributed by atoms with van der Waals surface area (Å²) in [6, 6.07) is 3.88. The Hall–Kier alpha value is -2.44. The summed E-state index contributed by atoms with van der Waals surface area (Å²) >= 11 is 0. The highest BCUT2D eigenvalue weighted by molar-refractivity contribution is 5.93. The molecule has 2 aromatic rings. The number of pyridine rings is 1. The molecule has 0 aliphatic rings. The lowest BCUT2D eigenvalue weighted by atomic mass is 10.2. The van der Waals surface area contributed by atoms with Crippen LogP contribution in [0.15, 0.2) is 36.0 Å². The maximum absolute atomic E-state index is 8.47. The summed E-state index contributed by atoms with van der Waals surface area (Å²) in [5.41, 5.74) is 6.49. The standard InChI is InChI=1S/C10H12N6O/c11-9(15-17)10-13-7-16(14-10)5-3-8-2-1-4-12-6-8/h1-2,4,6-7,17H,3,5H2,(H2,11,15). The Bertz CT molecular complexity index is 507. The summed E-state index contributed by atoms with van der Waals surface area (Å²) in [6.45, 7) is 0.664. The van der Waals surface area contributed by atoms with E-state index >= 15 is 0 Å². The van der Waals surface area contributed by atoms with Gasteiger partial charge >= 0.3 is 0 Å². The van der Waals surface area contributed by atoms with Crippen LogP contribution in [0, 0.1) is 0 Å². The van der Waals surface area contributed by atoms with Gasteiger partial charge in [-0.2, -0.15) is 0 Å². The SMILES string of the molecule is NC(=NO)c1ncn(CCc2cccnc2)n1. The lowest BCUT2D eigenvalue weighted by molar-refractivity contribution is 0.318. The molecule has 0 atom stereocenters. The van der Waals surface area contributed by atoms with Crippen LogP contribution >= 0.6 is 0 Å². The molecule has 0 unspecified atom stereocenters. The van der Waals surface area contributed by atoms with Gasteiger partial charge in [0.05, 0.1) is 0 Å². The molecule has 0 bridgehead atoms. The fourth-order valence-electron chi connectivity index (χ4n) is 1.35. The minimum Gasteiger partial charge on any atom is -0.409 e. The molecule has 0 fully saturated rings. The van der Waals surface area contributed by atoms with Gasteiger partial charge in [-0.1, -0.05) is 11.2 Å². The highest BCUT2D eigenvalue weighted by Gasteiger charge is 2.05. The molecule has 0 spiro atoms. The summed E-state index contributed by atoms with van der Waals surface area (Å²) in [7, 11) is 0. The van der Waals surface area contributed by atoms with Crippen LogP contribution in [-0.4, -0.2) is 30.8 Å². The van der Waals surface area contributed by atoms with E-state index in [4.69, 9.17) is 10.9 Å². The largest absolute Gasteiger partial charge is 0.409 e. The first-order valence-corrected chi connectivity index (χ1v) is 5.06. The van der Waals surface area contributed by atoms with E-state index < -0.39 is 0 Å². The second kappa shape index (κ2) is 5.06. The van der Waals surface area contributed by atoms with Gasteiger partial charge < -0.3 is 10.9 Å². The van der Waals surface area contributed by atoms with E-state index in [9.17, 15) is 0 Å². The molecule has 3 N–H and O–H groups in total. The molecule has 0 amide bonds. The monoisotopic (exact) mass is 232 g/mol. The molecule has 0 saturated heterocycles. The topological polar surface area (TPSA) is 102 Å². The maximum atomic E-state index is 8.47. The van der Waals surface area contributed by atoms with Crippen molar-refractivity contribution in [2.75, 3.05) is 0 Å². The Morgan fingerprint density at radius 3 is 3.12 bits per heavy atom. The number of hydrogen-bond donors (Lipinski definition) is 2. The van der Waals surface area contributed by atoms with Crippen LogP contribution < -0.4 is 5.73 Å². The molecule has 0 saturated carbocycles. The van der Waals surface area contributed by atoms with Gasteiger partial charge in [0.1, 0.15) is 6.33 Å². The molecule has 7 nitrogen and oxygen atoms in total. The third-order valence-electron chi connectivity index (χ3n) is 2.23. The van der Waals surface area contributed by atoms with Crippen LogP contribution in [0.25, 0.3) is 0 Å². The Morgan fingerprint density at radius 2 is 2.41 bits per heavy atom. The first-order valence-electron chi connectivity index (χ1n) is 5.06. The quantitative estimate of drug-likeness (QED) is 0.334. The molecular weight excluding hydrogens is 220 g/mol. The van der Waals surface area contributed by atoms with E-state index in [2.05, 4.69) is 20.2 Å². The highest BCUT2D eigenvalue weighted by Crippen LogP contribution is 1.99. The van der Waals surface area contributed by atoms with Crippen molar-refractivity contribution < 1.29 is 5.21 Å². The summed E-state index contributed by atoms with van der Waals surface area (Å²) in [4.78, 5) is 7.95. The van der Waals surface area contributed by atoms with Gasteiger partial charge in [-0.3, -0.25) is 9.67 Å². The molecule has 0 aliphatic heterocycles. The average Bonchev–Trinajstić information content (AvgIpc) is 2.85. The second-order valence-electron chi connectivity index (χ2n) is 3.43. The van der Waals surface area contributed by atoms with Gasteiger partial charge in [0.15, 0.2) is 0 Å². The Balaban J connectivity index is 1.98. The average molecular weight is 232 g/mol. The first-order chi connectivity index (χ1) is 8.29. The minimum absolute atomic E-state index is 0.0925. The van der Waals surface area contributed by atoms with Gasteiger partial charge in [-0.15, -0.1) is 5.10 Å². The van der Waals surface area contributed by atoms with E-state index in [1.54, 1.807) is 23.4 Å². The molecule has 0 radical (unpaired) electrons. The summed E-state index contributed by atoms with van der Waals surface area (Å²) in [5.74, 6) is 0.129. The molecule has 88 valence electrons. The fourth-order valence-corrected chi connectivity index (χ4v) is 1.35. The molecule has 7 heteroatoms.